The van der Waals surface area contributed by atoms with Crippen LogP contribution in [-0.2, 0) is 26.5 Å². The quantitative estimate of drug-likeness (QED) is 0.101. The zero-order chi connectivity index (χ0) is 50.5. The largest absolute Gasteiger partial charge is 0.474 e. The van der Waals surface area contributed by atoms with E-state index in [-0.39, 0.29) is 31.9 Å². The number of rotatable bonds is 10. The van der Waals surface area contributed by atoms with Crippen LogP contribution >= 0.6 is 0 Å². The van der Waals surface area contributed by atoms with Crippen molar-refractivity contribution in [3.8, 4) is 45.1 Å². The van der Waals surface area contributed by atoms with Crippen LogP contribution < -0.4 is 5.19 Å². The third-order valence-electron chi connectivity index (χ3n) is 14.2. The van der Waals surface area contributed by atoms with E-state index in [4.69, 9.17) is 9.40 Å². The second kappa shape index (κ2) is 20.6. The van der Waals surface area contributed by atoms with E-state index in [0.29, 0.717) is 5.92 Å². The van der Waals surface area contributed by atoms with Crippen molar-refractivity contribution in [2.24, 2.45) is 5.92 Å². The standard InChI is InChI=1S/C49H38N3O.C18H24NSi.Ir/c1-30(2)38-28-33(32-16-6-5-7-17-32)29-39(31(3)4)47(38)52-43-24-14-11-21-40(43)50-49(52)37-26-27-44(48-46(37)36-20-10-15-25-45(36)53-48)51-41-22-12-8-18-34(41)35-19-9-13-23-42(35)51;1-14(2)11-16-12-17(15-9-7-6-8-10-15)19-13-18(16)20(3,4)5;/h5-25,27-31H,1-4H3;6-9,12-14H,11H2,1-5H3;/q2*-1;. The Balaban J connectivity index is 0.000000252. The van der Waals surface area contributed by atoms with Crippen molar-refractivity contribution >= 4 is 68.0 Å². The number of fused-ring (bicyclic) bond motifs is 7. The van der Waals surface area contributed by atoms with Crippen molar-refractivity contribution in [3.05, 3.63) is 211 Å². The first-order valence-electron chi connectivity index (χ1n) is 25.9. The molecule has 5 nitrogen and oxygen atoms in total. The Morgan fingerprint density at radius 3 is 1.81 bits per heavy atom. The molecule has 0 aliphatic carbocycles. The van der Waals surface area contributed by atoms with Crippen LogP contribution in [0.3, 0.4) is 0 Å². The smallest absolute Gasteiger partial charge is 0.123 e. The van der Waals surface area contributed by atoms with Crippen molar-refractivity contribution < 1.29 is 24.5 Å². The molecule has 0 amide bonds. The fourth-order valence-electron chi connectivity index (χ4n) is 10.8. The minimum absolute atomic E-state index is 0. The maximum atomic E-state index is 6.90. The van der Waals surface area contributed by atoms with Crippen LogP contribution in [0.5, 0.6) is 0 Å². The van der Waals surface area contributed by atoms with E-state index in [1.165, 1.54) is 49.5 Å². The first-order chi connectivity index (χ1) is 35.4. The molecule has 0 unspecified atom stereocenters. The zero-order valence-electron chi connectivity index (χ0n) is 43.8. The summed E-state index contributed by atoms with van der Waals surface area (Å²) in [5.74, 6) is 2.04. The Kier molecular flexibility index (Phi) is 14.0. The molecular weight excluding hydrogens is 1100 g/mol. The van der Waals surface area contributed by atoms with E-state index in [1.807, 2.05) is 24.3 Å². The Morgan fingerprint density at radius 1 is 0.595 bits per heavy atom. The Hall–Kier alpha value is -7.15. The number of imidazole rings is 1. The number of hydrogen-bond acceptors (Lipinski definition) is 3. The van der Waals surface area contributed by atoms with Gasteiger partial charge in [-0.2, -0.15) is 0 Å². The number of furan rings is 1. The van der Waals surface area contributed by atoms with Crippen LogP contribution in [0.2, 0.25) is 19.6 Å². The van der Waals surface area contributed by atoms with E-state index in [9.17, 15) is 0 Å². The van der Waals surface area contributed by atoms with Gasteiger partial charge in [0, 0.05) is 59.5 Å². The van der Waals surface area contributed by atoms with Gasteiger partial charge in [0.15, 0.2) is 0 Å². The summed E-state index contributed by atoms with van der Waals surface area (Å²) in [5.41, 5.74) is 17.6. The molecule has 0 spiro atoms. The van der Waals surface area contributed by atoms with Gasteiger partial charge < -0.3 is 18.5 Å². The van der Waals surface area contributed by atoms with Crippen LogP contribution in [0, 0.1) is 18.1 Å². The van der Waals surface area contributed by atoms with Gasteiger partial charge in [0.05, 0.1) is 30.5 Å². The molecule has 7 heteroatoms. The predicted molar refractivity (Wildman–Crippen MR) is 311 cm³/mol. The Labute approximate surface area is 450 Å². The molecule has 8 aromatic carbocycles. The molecule has 12 aromatic rings. The molecular formula is C67H62IrN4OSi-2. The fourth-order valence-corrected chi connectivity index (χ4v) is 12.4. The number of hydrogen-bond donors (Lipinski definition) is 0. The summed E-state index contributed by atoms with van der Waals surface area (Å²) < 4.78 is 11.6. The van der Waals surface area contributed by atoms with E-state index < -0.39 is 8.07 Å². The maximum Gasteiger partial charge on any atom is 0.123 e. The summed E-state index contributed by atoms with van der Waals surface area (Å²) >= 11 is 0. The van der Waals surface area contributed by atoms with Gasteiger partial charge in [-0.1, -0.05) is 181 Å². The second-order valence-corrected chi connectivity index (χ2v) is 26.5. The monoisotopic (exact) mass is 1160 g/mol. The molecule has 0 aliphatic heterocycles. The van der Waals surface area contributed by atoms with Crippen LogP contribution in [-0.4, -0.2) is 27.2 Å². The molecule has 0 fully saturated rings. The summed E-state index contributed by atoms with van der Waals surface area (Å²) in [6.07, 6.45) is 3.24. The van der Waals surface area contributed by atoms with Crippen LogP contribution in [0.4, 0.5) is 0 Å². The van der Waals surface area contributed by atoms with E-state index in [1.54, 1.807) is 0 Å². The molecule has 0 atom stereocenters. The molecule has 1 radical (unpaired) electrons. The number of pyridine rings is 1. The topological polar surface area (TPSA) is 48.8 Å². The van der Waals surface area contributed by atoms with Crippen molar-refractivity contribution in [1.82, 2.24) is 19.1 Å². The molecule has 0 saturated carbocycles. The van der Waals surface area contributed by atoms with E-state index >= 15 is 0 Å². The van der Waals surface area contributed by atoms with Gasteiger partial charge in [-0.25, -0.2) is 0 Å². The molecule has 74 heavy (non-hydrogen) atoms. The van der Waals surface area contributed by atoms with E-state index in [0.717, 1.165) is 78.8 Å². The van der Waals surface area contributed by atoms with Crippen molar-refractivity contribution in [1.29, 1.82) is 0 Å². The van der Waals surface area contributed by atoms with Crippen LogP contribution in [0.15, 0.2) is 187 Å². The summed E-state index contributed by atoms with van der Waals surface area (Å²) in [6, 6.07) is 69.1. The third kappa shape index (κ3) is 9.27. The minimum Gasteiger partial charge on any atom is -0.474 e. The van der Waals surface area contributed by atoms with Gasteiger partial charge >= 0.3 is 0 Å². The molecule has 4 aromatic heterocycles. The molecule has 371 valence electrons. The van der Waals surface area contributed by atoms with Gasteiger partial charge in [-0.05, 0) is 105 Å². The molecule has 0 saturated heterocycles. The third-order valence-corrected chi connectivity index (χ3v) is 16.3. The van der Waals surface area contributed by atoms with E-state index in [2.05, 4.69) is 245 Å². The molecule has 12 rings (SSSR count). The van der Waals surface area contributed by atoms with Gasteiger partial charge in [0.1, 0.15) is 5.58 Å². The zero-order valence-corrected chi connectivity index (χ0v) is 47.2. The average Bonchev–Trinajstić information content (AvgIpc) is 4.09. The summed E-state index contributed by atoms with van der Waals surface area (Å²) in [4.78, 5) is 10.1. The number of para-hydroxylation sites is 5. The van der Waals surface area contributed by atoms with Gasteiger partial charge in [-0.15, -0.1) is 48.0 Å². The first-order valence-corrected chi connectivity index (χ1v) is 29.4. The SMILES string of the molecule is CC(C)Cc1cc(-c2[c-]cccc2)ncc1[Si](C)(C)C.CC(C)c1cc(-c2ccccc2)cc(C(C)C)c1-n1c(-c2[c-]cc(-n3c4ccccc4c4ccccc43)c3oc4ccccc4c23)nc2ccccc21.[Ir]. The normalized spacial score (nSPS) is 11.9. The van der Waals surface area contributed by atoms with Crippen LogP contribution in [0.1, 0.15) is 70.1 Å². The number of benzene rings is 8. The summed E-state index contributed by atoms with van der Waals surface area (Å²) in [7, 11) is -1.34. The fraction of sp³-hybridized carbons (Fsp3) is 0.194. The molecule has 0 bridgehead atoms. The van der Waals surface area contributed by atoms with Gasteiger partial charge in [0.25, 0.3) is 0 Å². The van der Waals surface area contributed by atoms with Crippen LogP contribution in [0.25, 0.3) is 99.9 Å². The number of aromatic nitrogens is 4. The van der Waals surface area contributed by atoms with Gasteiger partial charge in [0.2, 0.25) is 0 Å². The van der Waals surface area contributed by atoms with Crippen molar-refractivity contribution in [2.45, 2.75) is 79.4 Å². The Bertz CT molecular complexity index is 3890. The van der Waals surface area contributed by atoms with Gasteiger partial charge in [-0.3, -0.25) is 4.98 Å². The average molecular weight is 1160 g/mol. The summed E-state index contributed by atoms with van der Waals surface area (Å²) in [5, 5.41) is 5.96. The minimum atomic E-state index is -1.34. The van der Waals surface area contributed by atoms with Crippen molar-refractivity contribution in [2.75, 3.05) is 0 Å². The summed E-state index contributed by atoms with van der Waals surface area (Å²) in [6.45, 7) is 20.9. The predicted octanol–water partition coefficient (Wildman–Crippen LogP) is 17.7. The van der Waals surface area contributed by atoms with Crippen molar-refractivity contribution in [3.63, 3.8) is 0 Å². The number of nitrogens with zero attached hydrogens (tertiary/aromatic N) is 4. The molecule has 0 N–H and O–H groups in total. The second-order valence-electron chi connectivity index (χ2n) is 21.5. The first kappa shape index (κ1) is 50.4. The molecule has 0 aliphatic rings. The maximum absolute atomic E-state index is 6.90. The Morgan fingerprint density at radius 2 is 1.19 bits per heavy atom. The molecule has 4 heterocycles.